The summed E-state index contributed by atoms with van der Waals surface area (Å²) >= 11 is 0. The molecule has 2 aromatic rings. The number of hydrogen-bond acceptors (Lipinski definition) is 3. The van der Waals surface area contributed by atoms with E-state index >= 15 is 0 Å². The lowest BCUT2D eigenvalue weighted by molar-refractivity contribution is 0.0948. The third-order valence-electron chi connectivity index (χ3n) is 3.98. The van der Waals surface area contributed by atoms with Gasteiger partial charge in [0, 0.05) is 18.7 Å². The molecule has 5 nitrogen and oxygen atoms in total. The maximum Gasteiger partial charge on any atom is 0.251 e. The van der Waals surface area contributed by atoms with Crippen LogP contribution in [0.3, 0.4) is 0 Å². The van der Waals surface area contributed by atoms with Crippen molar-refractivity contribution in [3.63, 3.8) is 0 Å². The SMILES string of the molecule is Cc1ccc(S(=O)(=O)NCCc2ccccc2)cc1C(=O)NCC(C)C. The zero-order valence-corrected chi connectivity index (χ0v) is 16.3. The zero-order valence-electron chi connectivity index (χ0n) is 15.5. The highest BCUT2D eigenvalue weighted by molar-refractivity contribution is 7.89. The molecule has 0 saturated carbocycles. The zero-order chi connectivity index (χ0) is 19.2. The number of carbonyl (C=O) groups is 1. The molecule has 0 radical (unpaired) electrons. The predicted octanol–water partition coefficient (Wildman–Crippen LogP) is 2.90. The van der Waals surface area contributed by atoms with E-state index in [9.17, 15) is 13.2 Å². The van der Waals surface area contributed by atoms with Crippen LogP contribution in [0.2, 0.25) is 0 Å². The summed E-state index contributed by atoms with van der Waals surface area (Å²) in [5.74, 6) is 0.0726. The van der Waals surface area contributed by atoms with Crippen LogP contribution >= 0.6 is 0 Å². The number of carbonyl (C=O) groups excluding carboxylic acids is 1. The van der Waals surface area contributed by atoms with Crippen LogP contribution < -0.4 is 10.0 Å². The van der Waals surface area contributed by atoms with E-state index in [1.807, 2.05) is 44.2 Å². The second-order valence-corrected chi connectivity index (χ2v) is 8.48. The molecule has 0 fully saturated rings. The number of hydrogen-bond donors (Lipinski definition) is 2. The Kier molecular flexibility index (Phi) is 6.94. The summed E-state index contributed by atoms with van der Waals surface area (Å²) in [6.45, 7) is 6.65. The molecular weight excluding hydrogens is 348 g/mol. The molecule has 2 aromatic carbocycles. The van der Waals surface area contributed by atoms with E-state index in [-0.39, 0.29) is 10.8 Å². The summed E-state index contributed by atoms with van der Waals surface area (Å²) < 4.78 is 27.7. The van der Waals surface area contributed by atoms with Crippen molar-refractivity contribution >= 4 is 15.9 Å². The minimum Gasteiger partial charge on any atom is -0.352 e. The maximum absolute atomic E-state index is 12.5. The van der Waals surface area contributed by atoms with Gasteiger partial charge in [-0.1, -0.05) is 50.2 Å². The highest BCUT2D eigenvalue weighted by Gasteiger charge is 2.17. The van der Waals surface area contributed by atoms with E-state index in [2.05, 4.69) is 10.0 Å². The van der Waals surface area contributed by atoms with Crippen molar-refractivity contribution in [3.8, 4) is 0 Å². The molecule has 140 valence electrons. The molecule has 0 aliphatic rings. The van der Waals surface area contributed by atoms with Gasteiger partial charge in [0.2, 0.25) is 10.0 Å². The van der Waals surface area contributed by atoms with Gasteiger partial charge >= 0.3 is 0 Å². The predicted molar refractivity (Wildman–Crippen MR) is 104 cm³/mol. The van der Waals surface area contributed by atoms with Gasteiger partial charge in [-0.25, -0.2) is 13.1 Å². The molecule has 0 saturated heterocycles. The molecule has 0 aromatic heterocycles. The average molecular weight is 375 g/mol. The number of rotatable bonds is 8. The fourth-order valence-electron chi connectivity index (χ4n) is 2.46. The van der Waals surface area contributed by atoms with Crippen LogP contribution in [0.1, 0.15) is 35.3 Å². The molecule has 26 heavy (non-hydrogen) atoms. The van der Waals surface area contributed by atoms with Gasteiger partial charge in [0.25, 0.3) is 5.91 Å². The van der Waals surface area contributed by atoms with Crippen LogP contribution in [0.15, 0.2) is 53.4 Å². The van der Waals surface area contributed by atoms with E-state index in [0.717, 1.165) is 11.1 Å². The van der Waals surface area contributed by atoms with Crippen LogP contribution in [0.25, 0.3) is 0 Å². The van der Waals surface area contributed by atoms with Gasteiger partial charge in [-0.3, -0.25) is 4.79 Å². The maximum atomic E-state index is 12.5. The molecular formula is C20H26N2O3S. The van der Waals surface area contributed by atoms with Crippen LogP contribution in [0.4, 0.5) is 0 Å². The van der Waals surface area contributed by atoms with Crippen molar-refractivity contribution in [2.45, 2.75) is 32.1 Å². The van der Waals surface area contributed by atoms with Crippen LogP contribution in [0, 0.1) is 12.8 Å². The second-order valence-electron chi connectivity index (χ2n) is 6.71. The van der Waals surface area contributed by atoms with Crippen LogP contribution in [-0.2, 0) is 16.4 Å². The first-order valence-corrected chi connectivity index (χ1v) is 10.2. The van der Waals surface area contributed by atoms with Gasteiger partial charge in [0.1, 0.15) is 0 Å². The standard InChI is InChI=1S/C20H26N2O3S/c1-15(2)14-21-20(23)19-13-18(10-9-16(19)3)26(24,25)22-12-11-17-7-5-4-6-8-17/h4-10,13,15,22H,11-12,14H2,1-3H3,(H,21,23). The lowest BCUT2D eigenvalue weighted by Crippen LogP contribution is -2.29. The minimum atomic E-state index is -3.66. The topological polar surface area (TPSA) is 75.3 Å². The smallest absolute Gasteiger partial charge is 0.251 e. The first-order valence-electron chi connectivity index (χ1n) is 8.72. The van der Waals surface area contributed by atoms with Gasteiger partial charge < -0.3 is 5.32 Å². The molecule has 0 spiro atoms. The number of amides is 1. The van der Waals surface area contributed by atoms with E-state index < -0.39 is 10.0 Å². The van der Waals surface area contributed by atoms with Crippen molar-refractivity contribution < 1.29 is 13.2 Å². The van der Waals surface area contributed by atoms with E-state index in [1.165, 1.54) is 12.1 Å². The Bertz CT molecular complexity index is 847. The molecule has 6 heteroatoms. The Morgan fingerprint density at radius 3 is 2.42 bits per heavy atom. The molecule has 0 unspecified atom stereocenters. The monoisotopic (exact) mass is 374 g/mol. The lowest BCUT2D eigenvalue weighted by atomic mass is 10.1. The highest BCUT2D eigenvalue weighted by atomic mass is 32.2. The fraction of sp³-hybridized carbons (Fsp3) is 0.350. The largest absolute Gasteiger partial charge is 0.352 e. The molecule has 2 rings (SSSR count). The minimum absolute atomic E-state index is 0.103. The quantitative estimate of drug-likeness (QED) is 0.746. The van der Waals surface area contributed by atoms with E-state index in [4.69, 9.17) is 0 Å². The van der Waals surface area contributed by atoms with Gasteiger partial charge in [-0.2, -0.15) is 0 Å². The average Bonchev–Trinajstić information content (AvgIpc) is 2.60. The first kappa shape index (κ1) is 20.1. The van der Waals surface area contributed by atoms with Crippen molar-refractivity contribution in [1.82, 2.24) is 10.0 Å². The van der Waals surface area contributed by atoms with Gasteiger partial charge in [-0.15, -0.1) is 0 Å². The lowest BCUT2D eigenvalue weighted by Gasteiger charge is -2.12. The van der Waals surface area contributed by atoms with Crippen LogP contribution in [-0.4, -0.2) is 27.4 Å². The van der Waals surface area contributed by atoms with Gasteiger partial charge in [0.05, 0.1) is 4.90 Å². The number of aryl methyl sites for hydroxylation is 1. The summed E-state index contributed by atoms with van der Waals surface area (Å²) in [7, 11) is -3.66. The summed E-state index contributed by atoms with van der Waals surface area (Å²) in [6, 6.07) is 14.3. The third-order valence-corrected chi connectivity index (χ3v) is 5.44. The van der Waals surface area contributed by atoms with Crippen molar-refractivity contribution in [2.24, 2.45) is 5.92 Å². The number of nitrogens with one attached hydrogen (secondary N) is 2. The Balaban J connectivity index is 2.08. The van der Waals surface area contributed by atoms with Crippen LogP contribution in [0.5, 0.6) is 0 Å². The molecule has 0 aliphatic carbocycles. The summed E-state index contributed by atoms with van der Waals surface area (Å²) in [6.07, 6.45) is 0.605. The summed E-state index contributed by atoms with van der Waals surface area (Å²) in [5, 5.41) is 2.83. The molecule has 1 amide bonds. The van der Waals surface area contributed by atoms with Gasteiger partial charge in [0.15, 0.2) is 0 Å². The normalized spacial score (nSPS) is 11.5. The van der Waals surface area contributed by atoms with E-state index in [0.29, 0.717) is 31.0 Å². The molecule has 0 aliphatic heterocycles. The molecule has 0 heterocycles. The molecule has 0 bridgehead atoms. The van der Waals surface area contributed by atoms with Gasteiger partial charge in [-0.05, 0) is 42.5 Å². The highest BCUT2D eigenvalue weighted by Crippen LogP contribution is 2.16. The van der Waals surface area contributed by atoms with Crippen molar-refractivity contribution in [1.29, 1.82) is 0 Å². The molecule has 2 N–H and O–H groups in total. The summed E-state index contributed by atoms with van der Waals surface area (Å²) in [5.41, 5.74) is 2.19. The van der Waals surface area contributed by atoms with Crippen molar-refractivity contribution in [3.05, 3.63) is 65.2 Å². The first-order chi connectivity index (χ1) is 12.3. The Labute approximate surface area is 155 Å². The Morgan fingerprint density at radius 1 is 1.08 bits per heavy atom. The summed E-state index contributed by atoms with van der Waals surface area (Å²) in [4.78, 5) is 12.4. The fourth-order valence-corrected chi connectivity index (χ4v) is 3.52. The van der Waals surface area contributed by atoms with Crippen molar-refractivity contribution in [2.75, 3.05) is 13.1 Å². The Hall–Kier alpha value is -2.18. The number of sulfonamides is 1. The third kappa shape index (κ3) is 5.68. The number of benzene rings is 2. The molecule has 0 atom stereocenters. The van der Waals surface area contributed by atoms with E-state index in [1.54, 1.807) is 13.0 Å². The second kappa shape index (κ2) is 8.96. The Morgan fingerprint density at radius 2 is 1.77 bits per heavy atom.